The van der Waals surface area contributed by atoms with E-state index in [1.54, 1.807) is 11.8 Å². The summed E-state index contributed by atoms with van der Waals surface area (Å²) in [5.74, 6) is 0. The molecule has 1 rings (SSSR count). The van der Waals surface area contributed by atoms with Gasteiger partial charge in [0.1, 0.15) is 0 Å². The maximum absolute atomic E-state index is 3.91. The van der Waals surface area contributed by atoms with Gasteiger partial charge in [-0.05, 0) is 12.2 Å². The molecule has 1 heterocycles. The lowest BCUT2D eigenvalue weighted by Gasteiger charge is -2.16. The van der Waals surface area contributed by atoms with Crippen LogP contribution in [0.1, 0.15) is 6.92 Å². The minimum Gasteiger partial charge on any atom is -0.384 e. The van der Waals surface area contributed by atoms with E-state index in [2.05, 4.69) is 25.4 Å². The van der Waals surface area contributed by atoms with E-state index in [9.17, 15) is 0 Å². The van der Waals surface area contributed by atoms with Crippen molar-refractivity contribution in [2.24, 2.45) is 0 Å². The zero-order valence-electron chi connectivity index (χ0n) is 6.76. The molecule has 1 aliphatic rings. The van der Waals surface area contributed by atoms with Crippen molar-refractivity contribution >= 4 is 11.8 Å². The number of rotatable bonds is 0. The first-order valence-electron chi connectivity index (χ1n) is 3.65. The highest BCUT2D eigenvalue weighted by Gasteiger charge is 2.05. The summed E-state index contributed by atoms with van der Waals surface area (Å²) in [7, 11) is 0. The van der Waals surface area contributed by atoms with Gasteiger partial charge in [0.05, 0.1) is 0 Å². The number of thioether (sulfide) groups is 1. The van der Waals surface area contributed by atoms with E-state index in [4.69, 9.17) is 0 Å². The van der Waals surface area contributed by atoms with Crippen molar-refractivity contribution in [3.05, 3.63) is 35.9 Å². The number of allylic oxidation sites excluding steroid dienone is 2. The molecule has 0 bridgehead atoms. The standard InChI is InChI=1S/C9H13NS/c1-7-4-5-8(2)11-9(3)6-10-7/h4-5,9-10H,1-2,6H2,3H3/b5-4-. The summed E-state index contributed by atoms with van der Waals surface area (Å²) in [5.41, 5.74) is 0.971. The van der Waals surface area contributed by atoms with Crippen molar-refractivity contribution in [3.8, 4) is 0 Å². The monoisotopic (exact) mass is 167 g/mol. The van der Waals surface area contributed by atoms with Crippen molar-refractivity contribution < 1.29 is 0 Å². The van der Waals surface area contributed by atoms with Crippen LogP contribution in [0, 0.1) is 0 Å². The van der Waals surface area contributed by atoms with Gasteiger partial charge in [-0.1, -0.05) is 20.1 Å². The largest absolute Gasteiger partial charge is 0.384 e. The first-order valence-corrected chi connectivity index (χ1v) is 4.53. The van der Waals surface area contributed by atoms with Crippen molar-refractivity contribution in [1.82, 2.24) is 5.32 Å². The third-order valence-electron chi connectivity index (χ3n) is 1.44. The molecule has 60 valence electrons. The van der Waals surface area contributed by atoms with Gasteiger partial charge >= 0.3 is 0 Å². The summed E-state index contributed by atoms with van der Waals surface area (Å²) in [5, 5.41) is 3.78. The second kappa shape index (κ2) is 3.67. The van der Waals surface area contributed by atoms with Crippen LogP contribution in [0.2, 0.25) is 0 Å². The lowest BCUT2D eigenvalue weighted by atomic mass is 10.3. The molecular formula is C9H13NS. The van der Waals surface area contributed by atoms with Gasteiger partial charge in [0.15, 0.2) is 0 Å². The van der Waals surface area contributed by atoms with Crippen molar-refractivity contribution in [3.63, 3.8) is 0 Å². The highest BCUT2D eigenvalue weighted by atomic mass is 32.2. The maximum atomic E-state index is 3.91. The molecule has 1 atom stereocenters. The van der Waals surface area contributed by atoms with Crippen LogP contribution in [0.25, 0.3) is 0 Å². The van der Waals surface area contributed by atoms with Gasteiger partial charge in [-0.25, -0.2) is 0 Å². The molecule has 1 aliphatic heterocycles. The second-order valence-corrected chi connectivity index (χ2v) is 4.20. The highest BCUT2D eigenvalue weighted by molar-refractivity contribution is 8.03. The van der Waals surface area contributed by atoms with Crippen LogP contribution < -0.4 is 5.32 Å². The van der Waals surface area contributed by atoms with Crippen LogP contribution in [0.5, 0.6) is 0 Å². The maximum Gasteiger partial charge on any atom is 0.0267 e. The van der Waals surface area contributed by atoms with Gasteiger partial charge in [-0.3, -0.25) is 0 Å². The molecule has 11 heavy (non-hydrogen) atoms. The van der Waals surface area contributed by atoms with Crippen LogP contribution in [-0.2, 0) is 0 Å². The Labute approximate surface area is 72.3 Å². The Morgan fingerprint density at radius 1 is 1.55 bits per heavy atom. The predicted molar refractivity (Wildman–Crippen MR) is 52.5 cm³/mol. The Morgan fingerprint density at radius 2 is 2.27 bits per heavy atom. The molecule has 0 spiro atoms. The van der Waals surface area contributed by atoms with Crippen LogP contribution in [-0.4, -0.2) is 11.8 Å². The number of hydrogen-bond acceptors (Lipinski definition) is 2. The summed E-state index contributed by atoms with van der Waals surface area (Å²) in [4.78, 5) is 1.11. The van der Waals surface area contributed by atoms with Crippen LogP contribution in [0.4, 0.5) is 0 Å². The van der Waals surface area contributed by atoms with Crippen molar-refractivity contribution in [1.29, 1.82) is 0 Å². The second-order valence-electron chi connectivity index (χ2n) is 2.63. The van der Waals surface area contributed by atoms with Gasteiger partial charge in [-0.2, -0.15) is 0 Å². The van der Waals surface area contributed by atoms with Crippen LogP contribution >= 0.6 is 11.8 Å². The number of hydrogen-bond donors (Lipinski definition) is 1. The highest BCUT2D eigenvalue weighted by Crippen LogP contribution is 2.22. The fourth-order valence-electron chi connectivity index (χ4n) is 0.867. The summed E-state index contributed by atoms with van der Waals surface area (Å²) < 4.78 is 0. The molecule has 0 amide bonds. The number of nitrogens with one attached hydrogen (secondary N) is 1. The van der Waals surface area contributed by atoms with E-state index < -0.39 is 0 Å². The fraction of sp³-hybridized carbons (Fsp3) is 0.333. The molecule has 0 fully saturated rings. The Kier molecular flexibility index (Phi) is 2.83. The lowest BCUT2D eigenvalue weighted by molar-refractivity contribution is 0.800. The van der Waals surface area contributed by atoms with Crippen molar-refractivity contribution in [2.75, 3.05) is 6.54 Å². The molecule has 0 aromatic heterocycles. The fourth-order valence-corrected chi connectivity index (χ4v) is 1.70. The summed E-state index contributed by atoms with van der Waals surface area (Å²) in [6.45, 7) is 10.9. The van der Waals surface area contributed by atoms with Gasteiger partial charge in [0.2, 0.25) is 0 Å². The molecular weight excluding hydrogens is 154 g/mol. The zero-order valence-corrected chi connectivity index (χ0v) is 7.58. The molecule has 0 aromatic carbocycles. The van der Waals surface area contributed by atoms with Gasteiger partial charge in [-0.15, -0.1) is 11.8 Å². The van der Waals surface area contributed by atoms with E-state index >= 15 is 0 Å². The quantitative estimate of drug-likeness (QED) is 0.594. The molecule has 0 saturated heterocycles. The topological polar surface area (TPSA) is 12.0 Å². The Morgan fingerprint density at radius 3 is 3.00 bits per heavy atom. The smallest absolute Gasteiger partial charge is 0.0267 e. The minimum absolute atomic E-state index is 0.573. The summed E-state index contributed by atoms with van der Waals surface area (Å²) in [6, 6.07) is 0. The molecule has 0 radical (unpaired) electrons. The van der Waals surface area contributed by atoms with E-state index in [0.717, 1.165) is 17.1 Å². The Bertz CT molecular complexity index is 206. The summed E-state index contributed by atoms with van der Waals surface area (Å²) >= 11 is 1.79. The van der Waals surface area contributed by atoms with Crippen LogP contribution in [0.15, 0.2) is 35.9 Å². The third-order valence-corrected chi connectivity index (χ3v) is 2.45. The van der Waals surface area contributed by atoms with E-state index in [1.807, 2.05) is 12.2 Å². The summed E-state index contributed by atoms with van der Waals surface area (Å²) in [6.07, 6.45) is 3.96. The Hall–Kier alpha value is -0.630. The Balaban J connectivity index is 2.65. The molecule has 1 unspecified atom stereocenters. The molecule has 0 saturated carbocycles. The first-order chi connectivity index (χ1) is 5.18. The SMILES string of the molecule is C=C1/C=C\C(=C)SC(C)CN1. The molecule has 1 nitrogen and oxygen atoms in total. The first kappa shape index (κ1) is 8.47. The van der Waals surface area contributed by atoms with Crippen molar-refractivity contribution in [2.45, 2.75) is 12.2 Å². The van der Waals surface area contributed by atoms with E-state index in [1.165, 1.54) is 0 Å². The van der Waals surface area contributed by atoms with Gasteiger partial charge in [0, 0.05) is 22.4 Å². The van der Waals surface area contributed by atoms with E-state index in [-0.39, 0.29) is 0 Å². The van der Waals surface area contributed by atoms with Crippen LogP contribution in [0.3, 0.4) is 0 Å². The lowest BCUT2D eigenvalue weighted by Crippen LogP contribution is -2.21. The normalized spacial score (nSPS) is 28.6. The molecule has 0 aromatic rings. The minimum atomic E-state index is 0.573. The average molecular weight is 167 g/mol. The molecule has 0 aliphatic carbocycles. The zero-order chi connectivity index (χ0) is 8.27. The molecule has 1 N–H and O–H groups in total. The average Bonchev–Trinajstić information content (AvgIpc) is 1.95. The van der Waals surface area contributed by atoms with Gasteiger partial charge in [0.25, 0.3) is 0 Å². The third kappa shape index (κ3) is 2.85. The van der Waals surface area contributed by atoms with E-state index in [0.29, 0.717) is 5.25 Å². The molecule has 2 heteroatoms. The predicted octanol–water partition coefficient (Wildman–Crippen LogP) is 2.29. The van der Waals surface area contributed by atoms with Gasteiger partial charge < -0.3 is 5.32 Å².